The van der Waals surface area contributed by atoms with Crippen molar-refractivity contribution in [2.45, 2.75) is 25.5 Å². The lowest BCUT2D eigenvalue weighted by Gasteiger charge is -2.24. The van der Waals surface area contributed by atoms with Crippen LogP contribution in [0, 0.1) is 0 Å². The average molecular weight is 329 g/mol. The maximum absolute atomic E-state index is 10.3. The second kappa shape index (κ2) is 7.27. The molecule has 0 saturated carbocycles. The Bertz CT molecular complexity index is 718. The molecule has 1 unspecified atom stereocenters. The van der Waals surface area contributed by atoms with Crippen LogP contribution >= 0.6 is 0 Å². The zero-order valence-corrected chi connectivity index (χ0v) is 13.9. The first-order valence-electron chi connectivity index (χ1n) is 7.65. The Hall–Kier alpha value is -2.66. The van der Waals surface area contributed by atoms with Crippen molar-refractivity contribution in [1.29, 1.82) is 0 Å². The summed E-state index contributed by atoms with van der Waals surface area (Å²) in [5.74, 6) is 0.686. The second-order valence-electron chi connectivity index (χ2n) is 5.88. The lowest BCUT2D eigenvalue weighted by atomic mass is 10.0. The van der Waals surface area contributed by atoms with Gasteiger partial charge in [0.25, 0.3) is 0 Å². The summed E-state index contributed by atoms with van der Waals surface area (Å²) in [6, 6.07) is 3.40. The van der Waals surface area contributed by atoms with Gasteiger partial charge in [-0.3, -0.25) is 0 Å². The van der Waals surface area contributed by atoms with E-state index in [0.717, 1.165) is 17.6 Å². The summed E-state index contributed by atoms with van der Waals surface area (Å²) < 4.78 is 5.37. The van der Waals surface area contributed by atoms with Crippen LogP contribution in [0.5, 0.6) is 11.5 Å². The van der Waals surface area contributed by atoms with Crippen LogP contribution in [0.4, 0.5) is 0 Å². The highest BCUT2D eigenvalue weighted by atomic mass is 16.5. The summed E-state index contributed by atoms with van der Waals surface area (Å²) in [5, 5.41) is 32.8. The summed E-state index contributed by atoms with van der Waals surface area (Å²) in [5.41, 5.74) is 0.944. The van der Waals surface area contributed by atoms with Crippen LogP contribution in [0.15, 0.2) is 54.5 Å². The maximum atomic E-state index is 10.3. The van der Waals surface area contributed by atoms with Crippen LogP contribution in [-0.4, -0.2) is 28.2 Å². The van der Waals surface area contributed by atoms with Gasteiger partial charge in [-0.15, -0.1) is 6.58 Å². The summed E-state index contributed by atoms with van der Waals surface area (Å²) in [6.07, 6.45) is 8.70. The van der Waals surface area contributed by atoms with Gasteiger partial charge in [0.15, 0.2) is 5.72 Å². The van der Waals surface area contributed by atoms with Gasteiger partial charge < -0.3 is 25.4 Å². The van der Waals surface area contributed by atoms with E-state index in [-0.39, 0.29) is 11.5 Å². The minimum Gasteiger partial charge on any atom is -0.508 e. The molecule has 1 atom stereocenters. The van der Waals surface area contributed by atoms with Gasteiger partial charge in [0, 0.05) is 17.8 Å². The molecule has 0 radical (unpaired) electrons. The van der Waals surface area contributed by atoms with E-state index in [0.29, 0.717) is 17.7 Å². The number of dihydropyridines is 1. The van der Waals surface area contributed by atoms with Crippen molar-refractivity contribution in [3.63, 3.8) is 0 Å². The third kappa shape index (κ3) is 4.43. The van der Waals surface area contributed by atoms with Crippen molar-refractivity contribution in [2.24, 2.45) is 0 Å². The summed E-state index contributed by atoms with van der Waals surface area (Å²) in [4.78, 5) is 0. The third-order valence-corrected chi connectivity index (χ3v) is 3.70. The number of rotatable bonds is 6. The van der Waals surface area contributed by atoms with Crippen LogP contribution in [0.25, 0.3) is 6.08 Å². The summed E-state index contributed by atoms with van der Waals surface area (Å²) in [6.45, 7) is 5.81. The molecule has 0 bridgehead atoms. The molecule has 0 amide bonds. The van der Waals surface area contributed by atoms with Gasteiger partial charge in [0.2, 0.25) is 0 Å². The first kappa shape index (κ1) is 17.7. The Balaban J connectivity index is 2.25. The lowest BCUT2D eigenvalue weighted by molar-refractivity contribution is 0.115. The molecule has 1 aliphatic heterocycles. The average Bonchev–Trinajstić information content (AvgIpc) is 2.51. The van der Waals surface area contributed by atoms with E-state index >= 15 is 0 Å². The van der Waals surface area contributed by atoms with E-state index in [4.69, 9.17) is 4.74 Å². The van der Waals surface area contributed by atoms with Crippen molar-refractivity contribution in [3.8, 4) is 11.5 Å². The maximum Gasteiger partial charge on any atom is 0.178 e. The Morgan fingerprint density at radius 1 is 1.38 bits per heavy atom. The minimum atomic E-state index is -1.49. The molecule has 24 heavy (non-hydrogen) atoms. The molecule has 5 heteroatoms. The molecular weight excluding hydrogens is 306 g/mol. The molecule has 1 heterocycles. The number of phenolic OH excluding ortho intramolecular Hbond substituents is 1. The van der Waals surface area contributed by atoms with Gasteiger partial charge in [-0.05, 0) is 49.6 Å². The highest BCUT2D eigenvalue weighted by Crippen LogP contribution is 2.32. The van der Waals surface area contributed by atoms with Crippen molar-refractivity contribution < 1.29 is 20.1 Å². The van der Waals surface area contributed by atoms with Gasteiger partial charge >= 0.3 is 0 Å². The fourth-order valence-electron chi connectivity index (χ4n) is 2.41. The molecule has 5 nitrogen and oxygen atoms in total. The number of hydrogen-bond donors (Lipinski definition) is 4. The standard InChI is InChI=1S/C19H23NO4/c1-13(2)4-5-16-17(22)10-14(11-18(16)24-3)6-8-19(23)12-15(21)7-9-20-19/h6-12,20-23H,1,4-5H2,2-3H3. The number of allylic oxidation sites excluding steroid dienone is 2. The van der Waals surface area contributed by atoms with Gasteiger partial charge in [-0.25, -0.2) is 0 Å². The van der Waals surface area contributed by atoms with Crippen molar-refractivity contribution >= 4 is 6.08 Å². The molecule has 0 spiro atoms. The highest BCUT2D eigenvalue weighted by molar-refractivity contribution is 5.60. The Morgan fingerprint density at radius 3 is 2.75 bits per heavy atom. The molecule has 0 aromatic heterocycles. The van der Waals surface area contributed by atoms with Gasteiger partial charge in [0.05, 0.1) is 7.11 Å². The molecule has 1 aliphatic rings. The number of aliphatic hydroxyl groups excluding tert-OH is 1. The second-order valence-corrected chi connectivity index (χ2v) is 5.88. The molecule has 128 valence electrons. The van der Waals surface area contributed by atoms with E-state index in [1.165, 1.54) is 24.4 Å². The Kier molecular flexibility index (Phi) is 5.36. The molecule has 0 fully saturated rings. The topological polar surface area (TPSA) is 82.0 Å². The predicted molar refractivity (Wildman–Crippen MR) is 94.8 cm³/mol. The fourth-order valence-corrected chi connectivity index (χ4v) is 2.41. The number of nitrogens with one attached hydrogen (secondary N) is 1. The first-order valence-corrected chi connectivity index (χ1v) is 7.65. The molecule has 2 rings (SSSR count). The van der Waals surface area contributed by atoms with E-state index in [1.54, 1.807) is 25.3 Å². The molecule has 0 saturated heterocycles. The fraction of sp³-hybridized carbons (Fsp3) is 0.263. The number of phenols is 1. The van der Waals surface area contributed by atoms with Crippen LogP contribution in [0.1, 0.15) is 24.5 Å². The summed E-state index contributed by atoms with van der Waals surface area (Å²) in [7, 11) is 1.55. The van der Waals surface area contributed by atoms with Gasteiger partial charge in [0.1, 0.15) is 17.3 Å². The quantitative estimate of drug-likeness (QED) is 0.603. The van der Waals surface area contributed by atoms with E-state index in [2.05, 4.69) is 11.9 Å². The Morgan fingerprint density at radius 2 is 2.12 bits per heavy atom. The minimum absolute atomic E-state index is 0.0310. The zero-order chi connectivity index (χ0) is 17.7. The van der Waals surface area contributed by atoms with Crippen LogP contribution in [0.2, 0.25) is 0 Å². The Labute approximate surface area is 141 Å². The molecule has 1 aromatic carbocycles. The number of ether oxygens (including phenoxy) is 1. The SMILES string of the molecule is C=C(C)CCc1c(O)cc(C=CC2(O)C=C(O)C=CN2)cc1OC. The largest absolute Gasteiger partial charge is 0.508 e. The number of benzene rings is 1. The van der Waals surface area contributed by atoms with Crippen LogP contribution in [0.3, 0.4) is 0 Å². The number of aromatic hydroxyl groups is 1. The van der Waals surface area contributed by atoms with Crippen molar-refractivity contribution in [3.05, 3.63) is 65.6 Å². The van der Waals surface area contributed by atoms with Gasteiger partial charge in [-0.1, -0.05) is 11.6 Å². The molecule has 1 aromatic rings. The van der Waals surface area contributed by atoms with E-state index in [9.17, 15) is 15.3 Å². The zero-order valence-electron chi connectivity index (χ0n) is 13.9. The summed E-state index contributed by atoms with van der Waals surface area (Å²) >= 11 is 0. The molecular formula is C19H23NO4. The van der Waals surface area contributed by atoms with Crippen molar-refractivity contribution in [1.82, 2.24) is 5.32 Å². The highest BCUT2D eigenvalue weighted by Gasteiger charge is 2.21. The molecule has 4 N–H and O–H groups in total. The van der Waals surface area contributed by atoms with Crippen molar-refractivity contribution in [2.75, 3.05) is 7.11 Å². The third-order valence-electron chi connectivity index (χ3n) is 3.70. The normalized spacial score (nSPS) is 19.9. The predicted octanol–water partition coefficient (Wildman–Crippen LogP) is 3.17. The smallest absolute Gasteiger partial charge is 0.178 e. The van der Waals surface area contributed by atoms with Crippen LogP contribution in [-0.2, 0) is 6.42 Å². The van der Waals surface area contributed by atoms with E-state index in [1.807, 2.05) is 6.92 Å². The monoisotopic (exact) mass is 329 g/mol. The number of methoxy groups -OCH3 is 1. The molecule has 0 aliphatic carbocycles. The lowest BCUT2D eigenvalue weighted by Crippen LogP contribution is -2.39. The number of aliphatic hydroxyl groups is 2. The van der Waals surface area contributed by atoms with Gasteiger partial charge in [-0.2, -0.15) is 0 Å². The van der Waals surface area contributed by atoms with Crippen LogP contribution < -0.4 is 10.1 Å². The van der Waals surface area contributed by atoms with E-state index < -0.39 is 5.72 Å². The first-order chi connectivity index (χ1) is 11.3. The number of hydrogen-bond acceptors (Lipinski definition) is 5.